The zero-order chi connectivity index (χ0) is 29.2. The maximum Gasteiger partial charge on any atom is 0.409 e. The fraction of sp³-hybridized carbons (Fsp3) is 0.438. The normalized spacial score (nSPS) is 17.0. The number of anilines is 2. The Bertz CT molecular complexity index is 1490. The third-order valence-corrected chi connectivity index (χ3v) is 9.26. The molecule has 6 rings (SSSR count). The molecule has 42 heavy (non-hydrogen) atoms. The molecular weight excluding hydrogens is 550 g/mol. The number of methoxy groups -OCH3 is 1. The minimum Gasteiger partial charge on any atom is -0.453 e. The van der Waals surface area contributed by atoms with Crippen LogP contribution in [-0.2, 0) is 4.74 Å². The van der Waals surface area contributed by atoms with Gasteiger partial charge >= 0.3 is 6.09 Å². The van der Waals surface area contributed by atoms with Gasteiger partial charge in [-0.2, -0.15) is 0 Å². The Kier molecular flexibility index (Phi) is 8.15. The van der Waals surface area contributed by atoms with E-state index in [0.29, 0.717) is 52.7 Å². The van der Waals surface area contributed by atoms with Crippen LogP contribution >= 0.6 is 11.3 Å². The first-order chi connectivity index (χ1) is 20.4. The van der Waals surface area contributed by atoms with Gasteiger partial charge in [-0.1, -0.05) is 35.6 Å². The SMILES string of the molecule is COC(=O)N1CCC(c2cccc(-c3nc(Nc4cc(C(=O)NC5CC5)ccc4C)sc3C(=O)NCC3CC3)c2)CC1. The summed E-state index contributed by atoms with van der Waals surface area (Å²) in [5, 5.41) is 10.1. The van der Waals surface area contributed by atoms with Gasteiger partial charge in [0.05, 0.1) is 12.8 Å². The predicted octanol–water partition coefficient (Wildman–Crippen LogP) is 5.84. The molecular formula is C32H37N5O4S. The lowest BCUT2D eigenvalue weighted by molar-refractivity contribution is 0.0945. The van der Waals surface area contributed by atoms with Gasteiger partial charge in [-0.25, -0.2) is 9.78 Å². The standard InChI is InChI=1S/C32H37N5O4S/c1-19-6-9-24(29(38)34-25-10-11-25)17-26(19)35-31-36-27(28(42-31)30(39)33-18-20-7-8-20)23-5-3-4-22(16-23)21-12-14-37(15-13-21)32(40)41-2/h3-6,9,16-17,20-21,25H,7-8,10-15,18H2,1-2H3,(H,33,39)(H,34,38)(H,35,36). The summed E-state index contributed by atoms with van der Waals surface area (Å²) in [6, 6.07) is 14.2. The summed E-state index contributed by atoms with van der Waals surface area (Å²) in [6.07, 6.45) is 5.79. The maximum absolute atomic E-state index is 13.4. The molecule has 3 aromatic rings. The highest BCUT2D eigenvalue weighted by atomic mass is 32.1. The van der Waals surface area contributed by atoms with Crippen LogP contribution in [0.4, 0.5) is 15.6 Å². The van der Waals surface area contributed by atoms with Crippen molar-refractivity contribution in [2.45, 2.75) is 57.4 Å². The van der Waals surface area contributed by atoms with E-state index in [0.717, 1.165) is 55.3 Å². The Morgan fingerprint density at radius 3 is 2.50 bits per heavy atom. The van der Waals surface area contributed by atoms with E-state index in [1.54, 1.807) is 4.90 Å². The molecule has 3 amide bonds. The molecule has 9 nitrogen and oxygen atoms in total. The van der Waals surface area contributed by atoms with Crippen LogP contribution in [0.5, 0.6) is 0 Å². The minimum atomic E-state index is -0.282. The number of thiazole rings is 1. The summed E-state index contributed by atoms with van der Waals surface area (Å²) < 4.78 is 4.89. The van der Waals surface area contributed by atoms with E-state index in [1.807, 2.05) is 37.3 Å². The molecule has 0 radical (unpaired) electrons. The molecule has 1 saturated heterocycles. The number of hydrogen-bond acceptors (Lipinski definition) is 7. The Balaban J connectivity index is 1.26. The van der Waals surface area contributed by atoms with Crippen LogP contribution in [-0.4, -0.2) is 60.6 Å². The molecule has 2 heterocycles. The number of aromatic nitrogens is 1. The Morgan fingerprint density at radius 1 is 1.00 bits per heavy atom. The van der Waals surface area contributed by atoms with Crippen molar-refractivity contribution in [3.63, 3.8) is 0 Å². The fourth-order valence-electron chi connectivity index (χ4n) is 5.34. The molecule has 220 valence electrons. The van der Waals surface area contributed by atoms with Gasteiger partial charge in [-0.05, 0) is 86.6 Å². The van der Waals surface area contributed by atoms with Gasteiger partial charge in [-0.15, -0.1) is 0 Å². The summed E-state index contributed by atoms with van der Waals surface area (Å²) >= 11 is 1.33. The summed E-state index contributed by atoms with van der Waals surface area (Å²) in [5.41, 5.74) is 5.07. The highest BCUT2D eigenvalue weighted by molar-refractivity contribution is 7.18. The Hall–Kier alpha value is -3.92. The number of aryl methyl sites for hydroxylation is 1. The number of likely N-dealkylation sites (tertiary alicyclic amines) is 1. The second kappa shape index (κ2) is 12.1. The minimum absolute atomic E-state index is 0.0743. The Morgan fingerprint density at radius 2 is 1.79 bits per heavy atom. The van der Waals surface area contributed by atoms with E-state index in [2.05, 4.69) is 28.1 Å². The average Bonchev–Trinajstić information content (AvgIpc) is 3.96. The molecule has 3 fully saturated rings. The Labute approximate surface area is 250 Å². The van der Waals surface area contributed by atoms with E-state index < -0.39 is 0 Å². The quantitative estimate of drug-likeness (QED) is 0.290. The van der Waals surface area contributed by atoms with Gasteiger partial charge in [0.15, 0.2) is 5.13 Å². The van der Waals surface area contributed by atoms with E-state index in [-0.39, 0.29) is 23.9 Å². The number of nitrogens with one attached hydrogen (secondary N) is 3. The van der Waals surface area contributed by atoms with Crippen LogP contribution in [0.2, 0.25) is 0 Å². The summed E-state index contributed by atoms with van der Waals surface area (Å²) in [4.78, 5) is 45.2. The molecule has 3 aliphatic rings. The van der Waals surface area contributed by atoms with Crippen molar-refractivity contribution >= 4 is 40.1 Å². The van der Waals surface area contributed by atoms with Crippen molar-refractivity contribution in [1.29, 1.82) is 0 Å². The third kappa shape index (κ3) is 6.59. The lowest BCUT2D eigenvalue weighted by Crippen LogP contribution is -2.37. The zero-order valence-corrected chi connectivity index (χ0v) is 24.9. The first-order valence-corrected chi connectivity index (χ1v) is 15.6. The van der Waals surface area contributed by atoms with Gasteiger partial charge in [-0.3, -0.25) is 9.59 Å². The fourth-order valence-corrected chi connectivity index (χ4v) is 6.25. The molecule has 1 aliphatic heterocycles. The number of piperidine rings is 1. The number of benzene rings is 2. The molecule has 10 heteroatoms. The largest absolute Gasteiger partial charge is 0.453 e. The number of rotatable bonds is 9. The van der Waals surface area contributed by atoms with Gasteiger partial charge in [0.2, 0.25) is 0 Å². The summed E-state index contributed by atoms with van der Waals surface area (Å²) in [5.74, 6) is 0.680. The number of amides is 3. The van der Waals surface area contributed by atoms with E-state index in [9.17, 15) is 14.4 Å². The monoisotopic (exact) mass is 587 g/mol. The highest BCUT2D eigenvalue weighted by Crippen LogP contribution is 2.37. The topological polar surface area (TPSA) is 113 Å². The molecule has 2 aromatic carbocycles. The van der Waals surface area contributed by atoms with Gasteiger partial charge in [0.1, 0.15) is 4.88 Å². The molecule has 2 aliphatic carbocycles. The molecule has 3 N–H and O–H groups in total. The molecule has 0 unspecified atom stereocenters. The van der Waals surface area contributed by atoms with E-state index in [1.165, 1.54) is 24.0 Å². The highest BCUT2D eigenvalue weighted by Gasteiger charge is 2.28. The van der Waals surface area contributed by atoms with Crippen LogP contribution in [0.1, 0.15) is 75.6 Å². The lowest BCUT2D eigenvalue weighted by atomic mass is 9.88. The smallest absolute Gasteiger partial charge is 0.409 e. The number of carbonyl (C=O) groups excluding carboxylic acids is 3. The van der Waals surface area contributed by atoms with Crippen LogP contribution in [0.15, 0.2) is 42.5 Å². The molecule has 2 saturated carbocycles. The third-order valence-electron chi connectivity index (χ3n) is 8.29. The molecule has 0 bridgehead atoms. The first kappa shape index (κ1) is 28.2. The average molecular weight is 588 g/mol. The zero-order valence-electron chi connectivity index (χ0n) is 24.1. The second-order valence-corrected chi connectivity index (χ2v) is 12.6. The number of ether oxygens (including phenoxy) is 1. The predicted molar refractivity (Wildman–Crippen MR) is 164 cm³/mol. The van der Waals surface area contributed by atoms with Crippen LogP contribution in [0.25, 0.3) is 11.3 Å². The van der Waals surface area contributed by atoms with Gasteiger partial charge < -0.3 is 25.6 Å². The van der Waals surface area contributed by atoms with Crippen molar-refractivity contribution in [2.24, 2.45) is 5.92 Å². The van der Waals surface area contributed by atoms with E-state index in [4.69, 9.17) is 9.72 Å². The van der Waals surface area contributed by atoms with Crippen LogP contribution in [0.3, 0.4) is 0 Å². The van der Waals surface area contributed by atoms with Crippen molar-refractivity contribution in [1.82, 2.24) is 20.5 Å². The maximum atomic E-state index is 13.4. The van der Waals surface area contributed by atoms with Gasteiger partial charge in [0, 0.05) is 42.5 Å². The second-order valence-electron chi connectivity index (χ2n) is 11.6. The number of hydrogen-bond donors (Lipinski definition) is 3. The summed E-state index contributed by atoms with van der Waals surface area (Å²) in [7, 11) is 1.41. The molecule has 0 spiro atoms. The van der Waals surface area contributed by atoms with Crippen LogP contribution < -0.4 is 16.0 Å². The molecule has 1 aromatic heterocycles. The number of carbonyl (C=O) groups is 3. The van der Waals surface area contributed by atoms with Crippen molar-refractivity contribution in [3.8, 4) is 11.3 Å². The molecule has 0 atom stereocenters. The number of nitrogens with zero attached hydrogens (tertiary/aromatic N) is 2. The van der Waals surface area contributed by atoms with Crippen molar-refractivity contribution in [2.75, 3.05) is 32.1 Å². The van der Waals surface area contributed by atoms with Gasteiger partial charge in [0.25, 0.3) is 11.8 Å². The van der Waals surface area contributed by atoms with Crippen LogP contribution in [0, 0.1) is 12.8 Å². The summed E-state index contributed by atoms with van der Waals surface area (Å²) in [6.45, 7) is 3.96. The van der Waals surface area contributed by atoms with Crippen molar-refractivity contribution < 1.29 is 19.1 Å². The van der Waals surface area contributed by atoms with E-state index >= 15 is 0 Å². The lowest BCUT2D eigenvalue weighted by Gasteiger charge is -2.31. The first-order valence-electron chi connectivity index (χ1n) is 14.8. The van der Waals surface area contributed by atoms with Crippen molar-refractivity contribution in [3.05, 3.63) is 64.0 Å².